The van der Waals surface area contributed by atoms with E-state index in [0.29, 0.717) is 11.1 Å². The fraction of sp³-hybridized carbons (Fsp3) is 0. The molecule has 0 bridgehead atoms. The van der Waals surface area contributed by atoms with Crippen molar-refractivity contribution in [1.82, 2.24) is 15.8 Å². The number of rotatable bonds is 8. The molecule has 3 aromatic rings. The summed E-state index contributed by atoms with van der Waals surface area (Å²) in [6.07, 6.45) is 2.45. The lowest BCUT2D eigenvalue weighted by atomic mass is 10.2. The second-order valence-corrected chi connectivity index (χ2v) is 6.51. The highest BCUT2D eigenvalue weighted by Gasteiger charge is 2.12. The lowest BCUT2D eigenvalue weighted by Crippen LogP contribution is -2.23. The van der Waals surface area contributed by atoms with Crippen molar-refractivity contribution in [3.63, 3.8) is 0 Å². The Bertz CT molecular complexity index is 1230. The molecule has 0 unspecified atom stereocenters. The third kappa shape index (κ3) is 6.34. The largest absolute Gasteiger partial charge is 0.289 e. The molecule has 0 atom stereocenters. The minimum Gasteiger partial charge on any atom is -0.266 e. The standard InChI is InChI=1S/C21H15N7O6/c29-20(25-22-12-14-4-1-6-16(10-14)27(31)32)18-8-3-9-19(24-18)21(30)26-23-13-15-5-2-7-17(11-15)28(33)34/h1-13H,(H,25,29)(H,26,30)/b22-12+,23-13+. The SMILES string of the molecule is O=C(N/N=C/c1cccc([N+](=O)[O-])c1)c1cccc(C(=O)N/N=C/c2cccc([N+](=O)[O-])c2)n1. The van der Waals surface area contributed by atoms with E-state index in [1.165, 1.54) is 67.0 Å². The van der Waals surface area contributed by atoms with Crippen LogP contribution >= 0.6 is 0 Å². The summed E-state index contributed by atoms with van der Waals surface area (Å²) in [5, 5.41) is 29.1. The Morgan fingerprint density at radius 3 is 1.56 bits per heavy atom. The summed E-state index contributed by atoms with van der Waals surface area (Å²) in [6, 6.07) is 15.5. The molecule has 13 heteroatoms. The number of nitro groups is 2. The van der Waals surface area contributed by atoms with Crippen molar-refractivity contribution in [3.05, 3.63) is 109 Å². The molecule has 0 aliphatic heterocycles. The highest BCUT2D eigenvalue weighted by molar-refractivity contribution is 5.97. The molecule has 0 radical (unpaired) electrons. The summed E-state index contributed by atoms with van der Waals surface area (Å²) in [5.74, 6) is -1.42. The first-order chi connectivity index (χ1) is 16.3. The van der Waals surface area contributed by atoms with Gasteiger partial charge in [-0.2, -0.15) is 10.2 Å². The van der Waals surface area contributed by atoms with Crippen molar-refractivity contribution in [2.24, 2.45) is 10.2 Å². The predicted molar refractivity (Wildman–Crippen MR) is 121 cm³/mol. The van der Waals surface area contributed by atoms with Gasteiger partial charge in [-0.1, -0.05) is 30.3 Å². The zero-order valence-electron chi connectivity index (χ0n) is 17.2. The van der Waals surface area contributed by atoms with Gasteiger partial charge in [0.25, 0.3) is 23.2 Å². The molecule has 2 amide bonds. The number of amides is 2. The summed E-state index contributed by atoms with van der Waals surface area (Å²) in [4.78, 5) is 49.0. The number of hydrazone groups is 2. The van der Waals surface area contributed by atoms with E-state index >= 15 is 0 Å². The van der Waals surface area contributed by atoms with Crippen molar-refractivity contribution >= 4 is 35.6 Å². The van der Waals surface area contributed by atoms with E-state index in [1.54, 1.807) is 12.1 Å². The summed E-state index contributed by atoms with van der Waals surface area (Å²) in [7, 11) is 0. The van der Waals surface area contributed by atoms with Crippen LogP contribution in [-0.4, -0.2) is 39.1 Å². The molecule has 0 saturated heterocycles. The smallest absolute Gasteiger partial charge is 0.266 e. The molecule has 0 aliphatic carbocycles. The number of hydrogen-bond acceptors (Lipinski definition) is 9. The van der Waals surface area contributed by atoms with Gasteiger partial charge < -0.3 is 0 Å². The minimum atomic E-state index is -0.712. The highest BCUT2D eigenvalue weighted by atomic mass is 16.6. The van der Waals surface area contributed by atoms with Crippen LogP contribution in [0.5, 0.6) is 0 Å². The average Bonchev–Trinajstić information content (AvgIpc) is 2.84. The maximum atomic E-state index is 12.3. The summed E-state index contributed by atoms with van der Waals surface area (Å²) in [6.45, 7) is 0. The highest BCUT2D eigenvalue weighted by Crippen LogP contribution is 2.12. The molecule has 1 heterocycles. The Balaban J connectivity index is 1.61. The Morgan fingerprint density at radius 1 is 0.735 bits per heavy atom. The second kappa shape index (κ2) is 10.8. The van der Waals surface area contributed by atoms with Gasteiger partial charge in [-0.25, -0.2) is 15.8 Å². The molecule has 1 aromatic heterocycles. The van der Waals surface area contributed by atoms with Gasteiger partial charge in [0.15, 0.2) is 0 Å². The zero-order valence-corrected chi connectivity index (χ0v) is 17.2. The Labute approximate surface area is 191 Å². The molecule has 3 rings (SSSR count). The molecule has 0 saturated carbocycles. The second-order valence-electron chi connectivity index (χ2n) is 6.51. The van der Waals surface area contributed by atoms with Crippen molar-refractivity contribution < 1.29 is 19.4 Å². The zero-order chi connectivity index (χ0) is 24.5. The number of aromatic nitrogens is 1. The molecule has 0 spiro atoms. The number of nitrogens with zero attached hydrogens (tertiary/aromatic N) is 5. The number of hydrogen-bond donors (Lipinski definition) is 2. The minimum absolute atomic E-state index is 0.105. The Morgan fingerprint density at radius 2 is 1.15 bits per heavy atom. The van der Waals surface area contributed by atoms with Gasteiger partial charge >= 0.3 is 0 Å². The van der Waals surface area contributed by atoms with Crippen LogP contribution in [0.3, 0.4) is 0 Å². The third-order valence-electron chi connectivity index (χ3n) is 4.14. The third-order valence-corrected chi connectivity index (χ3v) is 4.14. The summed E-state index contributed by atoms with van der Waals surface area (Å²) >= 11 is 0. The van der Waals surface area contributed by atoms with Gasteiger partial charge in [0, 0.05) is 35.4 Å². The fourth-order valence-electron chi connectivity index (χ4n) is 2.57. The molecule has 0 aliphatic rings. The van der Waals surface area contributed by atoms with Gasteiger partial charge in [-0.05, 0) is 12.1 Å². The van der Waals surface area contributed by atoms with E-state index in [9.17, 15) is 29.8 Å². The monoisotopic (exact) mass is 461 g/mol. The van der Waals surface area contributed by atoms with Gasteiger partial charge in [0.05, 0.1) is 22.3 Å². The molecule has 170 valence electrons. The number of non-ortho nitro benzene ring substituents is 2. The maximum Gasteiger partial charge on any atom is 0.289 e. The van der Waals surface area contributed by atoms with E-state index < -0.39 is 21.7 Å². The maximum absolute atomic E-state index is 12.3. The number of carbonyl (C=O) groups excluding carboxylic acids is 2. The molecule has 0 fully saturated rings. The quantitative estimate of drug-likeness (QED) is 0.293. The number of benzene rings is 2. The van der Waals surface area contributed by atoms with Crippen LogP contribution in [0, 0.1) is 20.2 Å². The van der Waals surface area contributed by atoms with E-state index in [4.69, 9.17) is 0 Å². The van der Waals surface area contributed by atoms with Crippen molar-refractivity contribution in [2.75, 3.05) is 0 Å². The summed E-state index contributed by atoms with van der Waals surface area (Å²) in [5.41, 5.74) is 4.79. The first-order valence-electron chi connectivity index (χ1n) is 9.46. The Kier molecular flexibility index (Phi) is 7.42. The fourth-order valence-corrected chi connectivity index (χ4v) is 2.57. The molecule has 2 N–H and O–H groups in total. The number of nitro benzene ring substituents is 2. The van der Waals surface area contributed by atoms with Crippen LogP contribution < -0.4 is 10.9 Å². The van der Waals surface area contributed by atoms with E-state index in [-0.39, 0.29) is 22.8 Å². The van der Waals surface area contributed by atoms with Crippen molar-refractivity contribution in [3.8, 4) is 0 Å². The van der Waals surface area contributed by atoms with Gasteiger partial charge in [0.1, 0.15) is 11.4 Å². The first kappa shape index (κ1) is 23.3. The molecular weight excluding hydrogens is 446 g/mol. The van der Waals surface area contributed by atoms with E-state index in [0.717, 1.165) is 0 Å². The first-order valence-corrected chi connectivity index (χ1v) is 9.46. The molecule has 2 aromatic carbocycles. The molecule has 13 nitrogen and oxygen atoms in total. The van der Waals surface area contributed by atoms with E-state index in [2.05, 4.69) is 26.0 Å². The van der Waals surface area contributed by atoms with Gasteiger partial charge in [-0.15, -0.1) is 0 Å². The van der Waals surface area contributed by atoms with E-state index in [1.807, 2.05) is 0 Å². The van der Waals surface area contributed by atoms with Crippen LogP contribution in [0.15, 0.2) is 76.9 Å². The predicted octanol–water partition coefficient (Wildman–Crippen LogP) is 2.43. The van der Waals surface area contributed by atoms with Gasteiger partial charge in [-0.3, -0.25) is 29.8 Å². The van der Waals surface area contributed by atoms with Crippen LogP contribution in [0.2, 0.25) is 0 Å². The molecule has 34 heavy (non-hydrogen) atoms. The number of nitrogens with one attached hydrogen (secondary N) is 2. The van der Waals surface area contributed by atoms with Crippen LogP contribution in [0.25, 0.3) is 0 Å². The van der Waals surface area contributed by atoms with Crippen LogP contribution in [-0.2, 0) is 0 Å². The van der Waals surface area contributed by atoms with Crippen molar-refractivity contribution in [1.29, 1.82) is 0 Å². The molecular formula is C21H15N7O6. The topological polar surface area (TPSA) is 182 Å². The van der Waals surface area contributed by atoms with Crippen LogP contribution in [0.4, 0.5) is 11.4 Å². The van der Waals surface area contributed by atoms with Crippen molar-refractivity contribution in [2.45, 2.75) is 0 Å². The normalized spacial score (nSPS) is 10.8. The average molecular weight is 461 g/mol. The lowest BCUT2D eigenvalue weighted by Gasteiger charge is -2.03. The number of carbonyl (C=O) groups is 2. The lowest BCUT2D eigenvalue weighted by molar-refractivity contribution is -0.385. The van der Waals surface area contributed by atoms with Crippen LogP contribution in [0.1, 0.15) is 32.1 Å². The number of pyridine rings is 1. The summed E-state index contributed by atoms with van der Waals surface area (Å²) < 4.78 is 0. The Hall–Kier alpha value is -5.33. The van der Waals surface area contributed by atoms with Gasteiger partial charge in [0.2, 0.25) is 0 Å².